The number of carbonyl (C=O) groups is 2. The van der Waals surface area contributed by atoms with Crippen LogP contribution in [0.1, 0.15) is 361 Å². The third kappa shape index (κ3) is 57.6. The monoisotopic (exact) mass is 1010 g/mol. The minimum absolute atomic E-state index is 0.000353. The molecule has 0 aromatic heterocycles. The summed E-state index contributed by atoms with van der Waals surface area (Å²) in [7, 11) is 0. The fourth-order valence-electron chi connectivity index (χ4n) is 10.2. The lowest BCUT2D eigenvalue weighted by atomic mass is 10.0. The Hall–Kier alpha value is -1.66. The molecule has 0 heterocycles. The van der Waals surface area contributed by atoms with E-state index in [1.807, 2.05) is 0 Å². The molecule has 0 fully saturated rings. The van der Waals surface area contributed by atoms with Crippen LogP contribution in [0, 0.1) is 0 Å². The second-order valence-corrected chi connectivity index (χ2v) is 22.5. The van der Waals surface area contributed by atoms with Crippen molar-refractivity contribution >= 4 is 11.9 Å². The van der Waals surface area contributed by atoms with Crippen LogP contribution < -0.4 is 5.32 Å². The molecule has 3 N–H and O–H groups in total. The van der Waals surface area contributed by atoms with Crippen LogP contribution in [0.15, 0.2) is 24.3 Å². The number of rotatable bonds is 61. The molecule has 0 saturated carbocycles. The average Bonchev–Trinajstić information content (AvgIpc) is 3.38. The van der Waals surface area contributed by atoms with Crippen molar-refractivity contribution in [3.63, 3.8) is 0 Å². The van der Waals surface area contributed by atoms with Crippen LogP contribution in [0.25, 0.3) is 0 Å². The molecular formula is C66H127NO5. The van der Waals surface area contributed by atoms with E-state index in [-0.39, 0.29) is 18.5 Å². The Morgan fingerprint density at radius 2 is 0.708 bits per heavy atom. The summed E-state index contributed by atoms with van der Waals surface area (Å²) in [6.45, 7) is 4.93. The summed E-state index contributed by atoms with van der Waals surface area (Å²) in [5, 5.41) is 23.4. The van der Waals surface area contributed by atoms with Crippen LogP contribution in [-0.4, -0.2) is 47.4 Å². The lowest BCUT2D eigenvalue weighted by molar-refractivity contribution is -0.143. The summed E-state index contributed by atoms with van der Waals surface area (Å²) >= 11 is 0. The van der Waals surface area contributed by atoms with E-state index in [0.29, 0.717) is 25.9 Å². The van der Waals surface area contributed by atoms with Crippen LogP contribution in [0.2, 0.25) is 0 Å². The highest BCUT2D eigenvalue weighted by molar-refractivity contribution is 5.76. The molecule has 0 aliphatic carbocycles. The van der Waals surface area contributed by atoms with E-state index in [2.05, 4.69) is 43.5 Å². The Labute approximate surface area is 450 Å². The molecule has 0 aliphatic heterocycles. The Morgan fingerprint density at radius 3 is 1.10 bits per heavy atom. The smallest absolute Gasteiger partial charge is 0.305 e. The molecule has 0 saturated heterocycles. The van der Waals surface area contributed by atoms with Crippen LogP contribution >= 0.6 is 0 Å². The molecule has 2 atom stereocenters. The predicted octanol–water partition coefficient (Wildman–Crippen LogP) is 20.6. The van der Waals surface area contributed by atoms with Gasteiger partial charge in [-0.1, -0.05) is 321 Å². The van der Waals surface area contributed by atoms with Crippen molar-refractivity contribution in [3.8, 4) is 0 Å². The zero-order chi connectivity index (χ0) is 52.2. The first-order chi connectivity index (χ1) is 35.5. The number of unbranched alkanes of at least 4 members (excludes halogenated alkanes) is 46. The SMILES string of the molecule is CCCC/C=C\C/C=C\CCCCCCCC(=O)OCCCCCCCCCCCCCCCCCCCCCCCCCC(=O)NC(CO)C(O)CCCCCCCCCCCCCCCCCCCC. The molecule has 0 spiro atoms. The van der Waals surface area contributed by atoms with Gasteiger partial charge in [-0.15, -0.1) is 0 Å². The maximum absolute atomic E-state index is 12.5. The second kappa shape index (κ2) is 61.9. The molecule has 6 nitrogen and oxygen atoms in total. The number of amides is 1. The molecule has 72 heavy (non-hydrogen) atoms. The number of ether oxygens (including phenoxy) is 1. The number of hydrogen-bond donors (Lipinski definition) is 3. The van der Waals surface area contributed by atoms with Crippen molar-refractivity contribution in [3.05, 3.63) is 24.3 Å². The van der Waals surface area contributed by atoms with Crippen LogP contribution in [0.3, 0.4) is 0 Å². The van der Waals surface area contributed by atoms with Crippen molar-refractivity contribution < 1.29 is 24.5 Å². The quantitative estimate of drug-likeness (QED) is 0.0320. The van der Waals surface area contributed by atoms with Gasteiger partial charge in [0, 0.05) is 12.8 Å². The van der Waals surface area contributed by atoms with Crippen LogP contribution in [-0.2, 0) is 14.3 Å². The van der Waals surface area contributed by atoms with Gasteiger partial charge in [0.1, 0.15) is 0 Å². The van der Waals surface area contributed by atoms with E-state index >= 15 is 0 Å². The van der Waals surface area contributed by atoms with Crippen molar-refractivity contribution in [2.45, 2.75) is 373 Å². The molecule has 1 amide bonds. The maximum Gasteiger partial charge on any atom is 0.305 e. The first-order valence-corrected chi connectivity index (χ1v) is 32.6. The zero-order valence-electron chi connectivity index (χ0n) is 48.7. The average molecular weight is 1010 g/mol. The molecule has 0 aromatic carbocycles. The van der Waals surface area contributed by atoms with Gasteiger partial charge in [0.2, 0.25) is 5.91 Å². The van der Waals surface area contributed by atoms with Crippen LogP contribution in [0.5, 0.6) is 0 Å². The number of hydrogen-bond acceptors (Lipinski definition) is 5. The van der Waals surface area contributed by atoms with Gasteiger partial charge in [-0.2, -0.15) is 0 Å². The summed E-state index contributed by atoms with van der Waals surface area (Å²) < 4.78 is 5.48. The topological polar surface area (TPSA) is 95.9 Å². The third-order valence-corrected chi connectivity index (χ3v) is 15.3. The standard InChI is InChI=1S/C66H127NO5/c1-3-5-7-9-11-13-15-17-19-20-28-31-34-38-42-46-50-54-58-64(69)63(62-68)67-65(70)59-55-51-47-43-39-35-32-29-26-24-22-21-23-25-27-30-33-37-41-45-49-53-57-61-72-66(71)60-56-52-48-44-40-36-18-16-14-12-10-8-6-4-2/h10,12,16,18,63-64,68-69H,3-9,11,13-15,17,19-62H2,1-2H3,(H,67,70)/b12-10-,18-16-. The normalized spacial score (nSPS) is 12.7. The number of carbonyl (C=O) groups excluding carboxylic acids is 2. The fraction of sp³-hybridized carbons (Fsp3) is 0.909. The van der Waals surface area contributed by atoms with Gasteiger partial charge in [0.25, 0.3) is 0 Å². The lowest BCUT2D eigenvalue weighted by Gasteiger charge is -2.22. The highest BCUT2D eigenvalue weighted by atomic mass is 16.5. The Bertz CT molecular complexity index is 1120. The fourth-order valence-corrected chi connectivity index (χ4v) is 10.2. The number of esters is 1. The summed E-state index contributed by atoms with van der Waals surface area (Å²) in [4.78, 5) is 24.6. The molecule has 0 rings (SSSR count). The van der Waals surface area contributed by atoms with Gasteiger partial charge >= 0.3 is 5.97 Å². The van der Waals surface area contributed by atoms with Crippen molar-refractivity contribution in [2.24, 2.45) is 0 Å². The number of aliphatic hydroxyl groups excluding tert-OH is 2. The summed E-state index contributed by atoms with van der Waals surface area (Å²) in [5.74, 6) is -0.0310. The molecule has 6 heteroatoms. The van der Waals surface area contributed by atoms with Gasteiger partial charge < -0.3 is 20.3 Å². The second-order valence-electron chi connectivity index (χ2n) is 22.5. The van der Waals surface area contributed by atoms with Gasteiger partial charge in [-0.3, -0.25) is 9.59 Å². The van der Waals surface area contributed by atoms with E-state index in [0.717, 1.165) is 51.4 Å². The number of nitrogens with one attached hydrogen (secondary N) is 1. The lowest BCUT2D eigenvalue weighted by Crippen LogP contribution is -2.45. The molecule has 0 radical (unpaired) electrons. The van der Waals surface area contributed by atoms with E-state index in [9.17, 15) is 19.8 Å². The molecule has 2 unspecified atom stereocenters. The number of allylic oxidation sites excluding steroid dienone is 4. The Kier molecular flexibility index (Phi) is 60.5. The van der Waals surface area contributed by atoms with Crippen LogP contribution in [0.4, 0.5) is 0 Å². The highest BCUT2D eigenvalue weighted by Gasteiger charge is 2.20. The summed E-state index contributed by atoms with van der Waals surface area (Å²) in [5.41, 5.74) is 0. The van der Waals surface area contributed by atoms with Gasteiger partial charge in [0.15, 0.2) is 0 Å². The predicted molar refractivity (Wildman–Crippen MR) is 315 cm³/mol. The minimum Gasteiger partial charge on any atom is -0.466 e. The minimum atomic E-state index is -0.664. The molecule has 0 aromatic rings. The van der Waals surface area contributed by atoms with E-state index in [4.69, 9.17) is 4.74 Å². The molecule has 0 aliphatic rings. The number of aliphatic hydroxyl groups is 2. The summed E-state index contributed by atoms with van der Waals surface area (Å²) in [6, 6.07) is -0.541. The first kappa shape index (κ1) is 70.3. The maximum atomic E-state index is 12.5. The zero-order valence-corrected chi connectivity index (χ0v) is 48.7. The Morgan fingerprint density at radius 1 is 0.389 bits per heavy atom. The Balaban J connectivity index is 3.38. The first-order valence-electron chi connectivity index (χ1n) is 32.6. The van der Waals surface area contributed by atoms with Crippen molar-refractivity contribution in [1.29, 1.82) is 0 Å². The summed E-state index contributed by atoms with van der Waals surface area (Å²) in [6.07, 6.45) is 76.2. The molecule has 0 bridgehead atoms. The van der Waals surface area contributed by atoms with E-state index in [1.165, 1.54) is 276 Å². The van der Waals surface area contributed by atoms with Gasteiger partial charge in [-0.05, 0) is 51.4 Å². The highest BCUT2D eigenvalue weighted by Crippen LogP contribution is 2.18. The van der Waals surface area contributed by atoms with Gasteiger partial charge in [0.05, 0.1) is 25.4 Å². The third-order valence-electron chi connectivity index (χ3n) is 15.3. The largest absolute Gasteiger partial charge is 0.466 e. The van der Waals surface area contributed by atoms with Gasteiger partial charge in [-0.25, -0.2) is 0 Å². The van der Waals surface area contributed by atoms with Crippen molar-refractivity contribution in [1.82, 2.24) is 5.32 Å². The van der Waals surface area contributed by atoms with E-state index < -0.39 is 12.1 Å². The molecular weight excluding hydrogens is 887 g/mol. The molecule has 426 valence electrons. The van der Waals surface area contributed by atoms with Crippen molar-refractivity contribution in [2.75, 3.05) is 13.2 Å². The van der Waals surface area contributed by atoms with E-state index in [1.54, 1.807) is 0 Å².